The number of sulfonamides is 1. The van der Waals surface area contributed by atoms with Crippen molar-refractivity contribution in [2.75, 3.05) is 4.72 Å². The minimum Gasteiger partial charge on any atom is -0.339 e. The number of para-hydroxylation sites is 1. The van der Waals surface area contributed by atoms with Crippen molar-refractivity contribution in [3.8, 4) is 11.4 Å². The molecular weight excluding hydrogens is 412 g/mol. The van der Waals surface area contributed by atoms with E-state index in [9.17, 15) is 8.42 Å². The van der Waals surface area contributed by atoms with Crippen LogP contribution in [0.2, 0.25) is 0 Å². The molecule has 0 saturated heterocycles. The van der Waals surface area contributed by atoms with Crippen LogP contribution in [0, 0.1) is 0 Å². The van der Waals surface area contributed by atoms with E-state index in [1.165, 1.54) is 0 Å². The van der Waals surface area contributed by atoms with Crippen molar-refractivity contribution in [2.24, 2.45) is 0 Å². The van der Waals surface area contributed by atoms with Gasteiger partial charge in [0.2, 0.25) is 11.7 Å². The number of hydrogen-bond donors (Lipinski definition) is 1. The Morgan fingerprint density at radius 2 is 1.71 bits per heavy atom. The fourth-order valence-corrected chi connectivity index (χ4v) is 4.31. The number of aryl methyl sites for hydroxylation is 1. The van der Waals surface area contributed by atoms with E-state index in [4.69, 9.17) is 4.52 Å². The Bertz CT molecular complexity index is 1250. The second kappa shape index (κ2) is 9.09. The fraction of sp³-hybridized carbons (Fsp3) is 0.174. The van der Waals surface area contributed by atoms with Gasteiger partial charge in [0.15, 0.2) is 0 Å². The SMILES string of the molecule is CCCc1ccc(S(=O)(=O)Nc2ccccc2Cc2nc(-c3ccncc3)no2)cc1. The minimum absolute atomic E-state index is 0.222. The van der Waals surface area contributed by atoms with Crippen LogP contribution < -0.4 is 4.72 Å². The molecule has 0 fully saturated rings. The Morgan fingerprint density at radius 1 is 0.968 bits per heavy atom. The molecule has 0 aliphatic rings. The molecular formula is C23H22N4O3S. The average Bonchev–Trinajstić information content (AvgIpc) is 3.25. The van der Waals surface area contributed by atoms with Crippen LogP contribution >= 0.6 is 0 Å². The molecule has 0 radical (unpaired) electrons. The van der Waals surface area contributed by atoms with Gasteiger partial charge in [0.25, 0.3) is 10.0 Å². The molecule has 0 unspecified atom stereocenters. The average molecular weight is 435 g/mol. The maximum atomic E-state index is 12.9. The van der Waals surface area contributed by atoms with Crippen LogP contribution in [0.4, 0.5) is 5.69 Å². The number of pyridine rings is 1. The summed E-state index contributed by atoms with van der Waals surface area (Å²) < 4.78 is 33.8. The highest BCUT2D eigenvalue weighted by Gasteiger charge is 2.17. The van der Waals surface area contributed by atoms with Crippen LogP contribution in [0.15, 0.2) is 82.5 Å². The van der Waals surface area contributed by atoms with Gasteiger partial charge in [-0.1, -0.05) is 48.8 Å². The van der Waals surface area contributed by atoms with E-state index in [0.717, 1.165) is 29.5 Å². The van der Waals surface area contributed by atoms with E-state index in [1.54, 1.807) is 48.8 Å². The van der Waals surface area contributed by atoms with Crippen molar-refractivity contribution < 1.29 is 12.9 Å². The van der Waals surface area contributed by atoms with E-state index in [2.05, 4.69) is 26.8 Å². The lowest BCUT2D eigenvalue weighted by atomic mass is 10.1. The molecule has 1 N–H and O–H groups in total. The molecule has 0 atom stereocenters. The van der Waals surface area contributed by atoms with Gasteiger partial charge in [-0.25, -0.2) is 8.42 Å². The number of nitrogens with zero attached hydrogens (tertiary/aromatic N) is 3. The van der Waals surface area contributed by atoms with Gasteiger partial charge in [0, 0.05) is 18.0 Å². The van der Waals surface area contributed by atoms with E-state index < -0.39 is 10.0 Å². The number of anilines is 1. The van der Waals surface area contributed by atoms with Gasteiger partial charge in [0.05, 0.1) is 17.0 Å². The monoisotopic (exact) mass is 434 g/mol. The van der Waals surface area contributed by atoms with Crippen LogP contribution in [0.25, 0.3) is 11.4 Å². The Balaban J connectivity index is 1.54. The third-order valence-corrected chi connectivity index (χ3v) is 6.16. The van der Waals surface area contributed by atoms with E-state index in [1.807, 2.05) is 24.3 Å². The highest BCUT2D eigenvalue weighted by atomic mass is 32.2. The van der Waals surface area contributed by atoms with Crippen LogP contribution in [0.3, 0.4) is 0 Å². The summed E-state index contributed by atoms with van der Waals surface area (Å²) in [5, 5.41) is 4.01. The summed E-state index contributed by atoms with van der Waals surface area (Å²) in [6.45, 7) is 2.09. The zero-order valence-corrected chi connectivity index (χ0v) is 17.8. The molecule has 0 amide bonds. The smallest absolute Gasteiger partial charge is 0.261 e. The molecule has 2 heterocycles. The van der Waals surface area contributed by atoms with Gasteiger partial charge in [-0.15, -0.1) is 0 Å². The summed E-state index contributed by atoms with van der Waals surface area (Å²) in [6.07, 6.45) is 5.54. The van der Waals surface area contributed by atoms with Crippen molar-refractivity contribution in [1.29, 1.82) is 0 Å². The molecule has 0 aliphatic heterocycles. The van der Waals surface area contributed by atoms with Gasteiger partial charge in [-0.3, -0.25) is 9.71 Å². The van der Waals surface area contributed by atoms with Gasteiger partial charge in [-0.2, -0.15) is 4.98 Å². The van der Waals surface area contributed by atoms with Gasteiger partial charge in [-0.05, 0) is 47.9 Å². The normalized spacial score (nSPS) is 11.4. The van der Waals surface area contributed by atoms with E-state index in [-0.39, 0.29) is 4.90 Å². The third-order valence-electron chi connectivity index (χ3n) is 4.78. The minimum atomic E-state index is -3.72. The molecule has 8 heteroatoms. The topological polar surface area (TPSA) is 98.0 Å². The van der Waals surface area contributed by atoms with Crippen LogP contribution in [-0.4, -0.2) is 23.5 Å². The van der Waals surface area contributed by atoms with Gasteiger partial charge < -0.3 is 4.52 Å². The first-order valence-electron chi connectivity index (χ1n) is 9.98. The lowest BCUT2D eigenvalue weighted by molar-refractivity contribution is 0.386. The summed E-state index contributed by atoms with van der Waals surface area (Å²) >= 11 is 0. The standard InChI is InChI=1S/C23H22N4O3S/c1-2-5-17-8-10-20(11-9-17)31(28,29)27-21-7-4-3-6-19(21)16-22-25-23(26-30-22)18-12-14-24-15-13-18/h3-4,6-15,27H,2,5,16H2,1H3. The summed E-state index contributed by atoms with van der Waals surface area (Å²) in [5.41, 5.74) is 3.12. The Morgan fingerprint density at radius 3 is 2.45 bits per heavy atom. The predicted octanol–water partition coefficient (Wildman–Crippen LogP) is 4.48. The lowest BCUT2D eigenvalue weighted by Gasteiger charge is -2.12. The number of hydrogen-bond acceptors (Lipinski definition) is 6. The van der Waals surface area contributed by atoms with Crippen molar-refractivity contribution in [3.63, 3.8) is 0 Å². The molecule has 7 nitrogen and oxygen atoms in total. The van der Waals surface area contributed by atoms with E-state index in [0.29, 0.717) is 23.8 Å². The fourth-order valence-electron chi connectivity index (χ4n) is 3.21. The molecule has 2 aromatic carbocycles. The summed E-state index contributed by atoms with van der Waals surface area (Å²) in [5.74, 6) is 0.852. The van der Waals surface area contributed by atoms with Crippen LogP contribution in [0.5, 0.6) is 0 Å². The molecule has 4 rings (SSSR count). The molecule has 4 aromatic rings. The van der Waals surface area contributed by atoms with Gasteiger partial charge in [0.1, 0.15) is 0 Å². The van der Waals surface area contributed by atoms with Crippen LogP contribution in [0.1, 0.15) is 30.4 Å². The highest BCUT2D eigenvalue weighted by molar-refractivity contribution is 7.92. The molecule has 0 spiro atoms. The summed E-state index contributed by atoms with van der Waals surface area (Å²) in [4.78, 5) is 8.62. The molecule has 0 aliphatic carbocycles. The number of benzene rings is 2. The van der Waals surface area contributed by atoms with Crippen molar-refractivity contribution in [3.05, 3.63) is 90.1 Å². The second-order valence-corrected chi connectivity index (χ2v) is 8.76. The third kappa shape index (κ3) is 4.97. The number of nitrogens with one attached hydrogen (secondary N) is 1. The second-order valence-electron chi connectivity index (χ2n) is 7.08. The molecule has 0 bridgehead atoms. The van der Waals surface area contributed by atoms with Gasteiger partial charge >= 0.3 is 0 Å². The van der Waals surface area contributed by atoms with Crippen molar-refractivity contribution in [2.45, 2.75) is 31.1 Å². The van der Waals surface area contributed by atoms with Crippen molar-refractivity contribution in [1.82, 2.24) is 15.1 Å². The quantitative estimate of drug-likeness (QED) is 0.439. The zero-order chi connectivity index (χ0) is 21.7. The molecule has 158 valence electrons. The number of aromatic nitrogens is 3. The number of rotatable bonds is 8. The van der Waals surface area contributed by atoms with Crippen molar-refractivity contribution >= 4 is 15.7 Å². The lowest BCUT2D eigenvalue weighted by Crippen LogP contribution is -2.14. The molecule has 0 saturated carbocycles. The van der Waals surface area contributed by atoms with E-state index >= 15 is 0 Å². The first kappa shape index (κ1) is 20.7. The maximum Gasteiger partial charge on any atom is 0.261 e. The maximum absolute atomic E-state index is 12.9. The molecule has 2 aromatic heterocycles. The zero-order valence-electron chi connectivity index (χ0n) is 17.0. The molecule has 31 heavy (non-hydrogen) atoms. The first-order chi connectivity index (χ1) is 15.0. The first-order valence-corrected chi connectivity index (χ1v) is 11.5. The predicted molar refractivity (Wildman–Crippen MR) is 118 cm³/mol. The summed E-state index contributed by atoms with van der Waals surface area (Å²) in [7, 11) is -3.72. The highest BCUT2D eigenvalue weighted by Crippen LogP contribution is 2.24. The Hall–Kier alpha value is -3.52. The Kier molecular flexibility index (Phi) is 6.08. The van der Waals surface area contributed by atoms with Crippen LogP contribution in [-0.2, 0) is 22.9 Å². The summed E-state index contributed by atoms with van der Waals surface area (Å²) in [6, 6.07) is 17.7. The largest absolute Gasteiger partial charge is 0.339 e. The Labute approximate surface area is 181 Å².